The molecule has 0 radical (unpaired) electrons. The van der Waals surface area contributed by atoms with Crippen LogP contribution in [0.15, 0.2) is 90.2 Å². The van der Waals surface area contributed by atoms with Crippen molar-refractivity contribution in [3.63, 3.8) is 0 Å². The van der Waals surface area contributed by atoms with Crippen LogP contribution >= 0.6 is 11.6 Å². The first-order valence-electron chi connectivity index (χ1n) is 29.0. The first-order chi connectivity index (χ1) is 39.3. The Morgan fingerprint density at radius 1 is 0.716 bits per heavy atom. The lowest BCUT2D eigenvalue weighted by molar-refractivity contribution is -0.0645. The molecule has 0 spiro atoms. The van der Waals surface area contributed by atoms with Crippen LogP contribution in [0.3, 0.4) is 0 Å². The molecule has 2 aliphatic carbocycles. The predicted octanol–water partition coefficient (Wildman–Crippen LogP) is 9.39. The summed E-state index contributed by atoms with van der Waals surface area (Å²) in [6.07, 6.45) is 23.0. The number of aliphatic imine (C=N–C) groups is 1. The molecule has 7 heterocycles. The summed E-state index contributed by atoms with van der Waals surface area (Å²) < 4.78 is 24.2. The number of urea groups is 2. The summed E-state index contributed by atoms with van der Waals surface area (Å²) in [5.74, 6) is 0.460. The number of carbonyl (C=O) groups is 2. The Kier molecular flexibility index (Phi) is 21.0. The normalized spacial score (nSPS) is 20.1. The van der Waals surface area contributed by atoms with Gasteiger partial charge in [0.25, 0.3) is 0 Å². The second-order valence-corrected chi connectivity index (χ2v) is 22.5. The highest BCUT2D eigenvalue weighted by molar-refractivity contribution is 6.28. The van der Waals surface area contributed by atoms with Gasteiger partial charge in [0, 0.05) is 68.6 Å². The number of rotatable bonds is 13. The number of fused-ring (bicyclic) bond motifs is 2. The zero-order chi connectivity index (χ0) is 56.7. The Hall–Kier alpha value is -6.71. The first-order valence-corrected chi connectivity index (χ1v) is 29.4. The Bertz CT molecular complexity index is 2910. The molecule has 2 unspecified atom stereocenters. The van der Waals surface area contributed by atoms with E-state index in [1.807, 2.05) is 60.5 Å². The van der Waals surface area contributed by atoms with Crippen LogP contribution in [0.5, 0.6) is 0 Å². The number of nitrogens with one attached hydrogen (secondary N) is 3. The fraction of sp³-hybridized carbons (Fsp3) is 0.533. The summed E-state index contributed by atoms with van der Waals surface area (Å²) >= 11 is 5.95. The molecule has 0 saturated carbocycles. The van der Waals surface area contributed by atoms with E-state index in [1.165, 1.54) is 28.5 Å². The van der Waals surface area contributed by atoms with E-state index in [9.17, 15) is 9.59 Å². The van der Waals surface area contributed by atoms with Crippen LogP contribution in [0, 0.1) is 0 Å². The summed E-state index contributed by atoms with van der Waals surface area (Å²) in [7, 11) is 0. The van der Waals surface area contributed by atoms with Crippen molar-refractivity contribution in [1.29, 1.82) is 0 Å². The number of benzene rings is 2. The average molecular weight is 1130 g/mol. The molecule has 0 bridgehead atoms. The van der Waals surface area contributed by atoms with Crippen molar-refractivity contribution in [3.05, 3.63) is 113 Å². The second kappa shape index (κ2) is 28.8. The van der Waals surface area contributed by atoms with E-state index in [0.717, 1.165) is 132 Å². The zero-order valence-electron chi connectivity index (χ0n) is 47.4. The maximum atomic E-state index is 12.9. The van der Waals surface area contributed by atoms with Gasteiger partial charge in [-0.15, -0.1) is 0 Å². The van der Waals surface area contributed by atoms with E-state index >= 15 is 0 Å². The van der Waals surface area contributed by atoms with Gasteiger partial charge in [-0.25, -0.2) is 29.5 Å². The van der Waals surface area contributed by atoms with E-state index in [2.05, 4.69) is 77.4 Å². The van der Waals surface area contributed by atoms with E-state index in [1.54, 1.807) is 24.8 Å². The molecule has 434 valence electrons. The molecule has 20 nitrogen and oxygen atoms in total. The number of nitrogen functional groups attached to an aromatic ring is 1. The summed E-state index contributed by atoms with van der Waals surface area (Å²) in [6.45, 7) is 13.9. The van der Waals surface area contributed by atoms with Crippen LogP contribution < -0.4 is 27.4 Å². The third kappa shape index (κ3) is 16.7. The molecule has 4 amide bonds. The van der Waals surface area contributed by atoms with Gasteiger partial charge in [0.1, 0.15) is 0 Å². The molecule has 11 rings (SSSR count). The van der Waals surface area contributed by atoms with Gasteiger partial charge in [0.05, 0.1) is 104 Å². The molecule has 4 saturated heterocycles. The second-order valence-electron chi connectivity index (χ2n) is 22.2. The standard InChI is InChI=1S/C30H41N7O3.C22H27ClN4O2.C8H13N3O/c1-20(2)40-25-18-37(19-25)30(38)36-28-6-4-3-5-21-15-22(7-8-26(21)28)27-9-12-32-29(35-27)34-24(16-31)17-33-23-10-13-39-14-11-23;1-14(2)29-17-12-27(13-17)22(28)26-20-6-4-3-5-15-11-16(7-8-18(15)20)19-9-10-24-21(23)25-19;9-7-5-10-11(6-7)8-1-3-12-4-2-8/h7-9,12,15-17,20,23,25,28H,3-6,10-11,13-14,18-19,31H2,1-2H3,(H,36,38)(H,32,34,35);7-11,14,17,20H,3-6,12-13H2,1-2H3,(H,26,28);5-6,8H,1-4,9H2. The van der Waals surface area contributed by atoms with Crippen LogP contribution in [0.2, 0.25) is 5.28 Å². The van der Waals surface area contributed by atoms with E-state index in [4.69, 9.17) is 47.0 Å². The number of hydrogen-bond donors (Lipinski definition) is 5. The number of likely N-dealkylation sites (tertiary alicyclic amines) is 2. The highest BCUT2D eigenvalue weighted by Gasteiger charge is 2.35. The quantitative estimate of drug-likeness (QED) is 0.0419. The number of carbonyl (C=O) groups excluding carboxylic acids is 2. The molecule has 4 fully saturated rings. The van der Waals surface area contributed by atoms with E-state index in [0.29, 0.717) is 43.9 Å². The number of nitrogens with two attached hydrogens (primary N) is 2. The number of aromatic nitrogens is 6. The Labute approximate surface area is 481 Å². The lowest BCUT2D eigenvalue weighted by atomic mass is 9.95. The number of allylic oxidation sites excluding steroid dienone is 1. The van der Waals surface area contributed by atoms with Gasteiger partial charge in [-0.3, -0.25) is 9.67 Å². The number of nitrogens with zero attached hydrogens (tertiary/aromatic N) is 9. The van der Waals surface area contributed by atoms with Crippen molar-refractivity contribution < 1.29 is 28.5 Å². The van der Waals surface area contributed by atoms with Gasteiger partial charge in [0.15, 0.2) is 0 Å². The van der Waals surface area contributed by atoms with Crippen LogP contribution in [-0.4, -0.2) is 141 Å². The third-order valence-corrected chi connectivity index (χ3v) is 15.5. The maximum Gasteiger partial charge on any atom is 0.318 e. The van der Waals surface area contributed by atoms with Crippen LogP contribution in [0.1, 0.15) is 132 Å². The molecule has 6 aliphatic rings. The lowest BCUT2D eigenvalue weighted by Crippen LogP contribution is -2.58. The molecule has 21 heteroatoms. The number of hydrogen-bond acceptors (Lipinski definition) is 15. The van der Waals surface area contributed by atoms with Crippen molar-refractivity contribution in [1.82, 2.24) is 50.1 Å². The SMILES string of the molecule is CC(C)OC1CN(C(=O)NC2CCCCc3cc(-c4ccnc(Cl)n4)ccc32)C1.CC(C)OC1CN(C(=O)NC2CCCCc3cc(-c4ccnc(NC(C=NC5CCOCC5)=CN)n4)ccc32)C1.Nc1cnn(C2CCOCC2)c1. The number of aryl methyl sites for hydroxylation is 2. The molecule has 5 aromatic rings. The van der Waals surface area contributed by atoms with Crippen molar-refractivity contribution in [2.24, 2.45) is 10.7 Å². The van der Waals surface area contributed by atoms with Gasteiger partial charge in [-0.1, -0.05) is 37.1 Å². The van der Waals surface area contributed by atoms with Crippen molar-refractivity contribution >= 4 is 41.5 Å². The van der Waals surface area contributed by atoms with Crippen molar-refractivity contribution in [2.45, 2.75) is 153 Å². The summed E-state index contributed by atoms with van der Waals surface area (Å²) in [6, 6.07) is 17.3. The number of anilines is 2. The molecule has 2 aromatic carbocycles. The van der Waals surface area contributed by atoms with Gasteiger partial charge in [0.2, 0.25) is 11.2 Å². The largest absolute Gasteiger partial charge is 0.403 e. The van der Waals surface area contributed by atoms with Gasteiger partial charge < -0.3 is 56.2 Å². The molecule has 2 atom stereocenters. The highest BCUT2D eigenvalue weighted by atomic mass is 35.5. The monoisotopic (exact) mass is 1130 g/mol. The van der Waals surface area contributed by atoms with Crippen molar-refractivity contribution in [2.75, 3.05) is 63.7 Å². The Morgan fingerprint density at radius 3 is 1.75 bits per heavy atom. The van der Waals surface area contributed by atoms with Crippen LogP contribution in [0.4, 0.5) is 21.2 Å². The molecular formula is C60H81ClN14O6. The first kappa shape index (κ1) is 58.9. The summed E-state index contributed by atoms with van der Waals surface area (Å²) in [5.41, 5.74) is 21.4. The fourth-order valence-corrected chi connectivity index (χ4v) is 11.2. The molecular weight excluding hydrogens is 1050 g/mol. The minimum absolute atomic E-state index is 0.000919. The molecule has 81 heavy (non-hydrogen) atoms. The number of amides is 4. The predicted molar refractivity (Wildman–Crippen MR) is 315 cm³/mol. The maximum absolute atomic E-state index is 12.9. The highest BCUT2D eigenvalue weighted by Crippen LogP contribution is 2.35. The topological polar surface area (TPSA) is 247 Å². The smallest absolute Gasteiger partial charge is 0.318 e. The van der Waals surface area contributed by atoms with E-state index in [-0.39, 0.29) is 59.9 Å². The zero-order valence-corrected chi connectivity index (χ0v) is 48.1. The molecule has 7 N–H and O–H groups in total. The Morgan fingerprint density at radius 2 is 1.25 bits per heavy atom. The summed E-state index contributed by atoms with van der Waals surface area (Å²) in [4.78, 5) is 51.3. The third-order valence-electron chi connectivity index (χ3n) is 15.3. The van der Waals surface area contributed by atoms with Crippen LogP contribution in [-0.2, 0) is 31.8 Å². The number of halogens is 1. The Balaban J connectivity index is 0.000000167. The molecule has 4 aliphatic heterocycles. The van der Waals surface area contributed by atoms with Crippen LogP contribution in [0.25, 0.3) is 22.5 Å². The average Bonchev–Trinajstić information content (AvgIpc) is 3.85. The minimum Gasteiger partial charge on any atom is -0.403 e. The van der Waals surface area contributed by atoms with E-state index < -0.39 is 0 Å². The number of ether oxygens (including phenoxy) is 4. The fourth-order valence-electron chi connectivity index (χ4n) is 11.1. The van der Waals surface area contributed by atoms with Gasteiger partial charge in [-0.2, -0.15) is 5.10 Å². The summed E-state index contributed by atoms with van der Waals surface area (Å²) in [5, 5.41) is 14.1. The van der Waals surface area contributed by atoms with Gasteiger partial charge >= 0.3 is 12.1 Å². The lowest BCUT2D eigenvalue weighted by Gasteiger charge is -2.40. The van der Waals surface area contributed by atoms with Crippen molar-refractivity contribution in [3.8, 4) is 22.5 Å². The van der Waals surface area contributed by atoms with Gasteiger partial charge in [-0.05, 0) is 150 Å². The molecule has 3 aromatic heterocycles. The minimum atomic E-state index is -0.0128.